The van der Waals surface area contributed by atoms with Gasteiger partial charge in [-0.25, -0.2) is 0 Å². The molecular weight excluding hydrogens is 819 g/mol. The van der Waals surface area contributed by atoms with Crippen molar-refractivity contribution < 1.29 is 0 Å². The first-order chi connectivity index (χ1) is 33.7. The van der Waals surface area contributed by atoms with Gasteiger partial charge in [-0.3, -0.25) is 0 Å². The summed E-state index contributed by atoms with van der Waals surface area (Å²) in [6, 6.07) is 88.4. The molecule has 10 aromatic rings. The molecule has 0 aliphatic heterocycles. The zero-order chi connectivity index (χ0) is 44.8. The molecule has 0 heterocycles. The third-order valence-corrected chi connectivity index (χ3v) is 16.7. The third kappa shape index (κ3) is 6.01. The Labute approximate surface area is 400 Å². The quantitative estimate of drug-likeness (QED) is 0.147. The lowest BCUT2D eigenvalue weighted by Gasteiger charge is -2.44. The molecule has 0 N–H and O–H groups in total. The lowest BCUT2D eigenvalue weighted by molar-refractivity contribution is 0.191. The molecule has 324 valence electrons. The molecule has 4 bridgehead atoms. The van der Waals surface area contributed by atoms with E-state index in [4.69, 9.17) is 0 Å². The van der Waals surface area contributed by atoms with Crippen molar-refractivity contribution in [2.45, 2.75) is 31.1 Å². The highest BCUT2D eigenvalue weighted by Gasteiger charge is 2.65. The molecule has 5 aliphatic rings. The number of anilines is 3. The summed E-state index contributed by atoms with van der Waals surface area (Å²) in [6.07, 6.45) is 5.63. The van der Waals surface area contributed by atoms with E-state index in [0.29, 0.717) is 0 Å². The Hall–Kier alpha value is -7.74. The van der Waals surface area contributed by atoms with E-state index in [0.717, 1.165) is 40.7 Å². The minimum absolute atomic E-state index is 0.158. The summed E-state index contributed by atoms with van der Waals surface area (Å²) >= 11 is 0. The minimum Gasteiger partial charge on any atom is -0.309 e. The van der Waals surface area contributed by atoms with Crippen LogP contribution in [0.15, 0.2) is 237 Å². The molecule has 5 unspecified atom stereocenters. The molecular formula is C67H51N. The summed E-state index contributed by atoms with van der Waals surface area (Å²) in [5.41, 5.74) is 21.9. The van der Waals surface area contributed by atoms with Gasteiger partial charge in [0.1, 0.15) is 0 Å². The fourth-order valence-corrected chi connectivity index (χ4v) is 14.1. The smallest absolute Gasteiger partial charge is 0.0540 e. The van der Waals surface area contributed by atoms with Gasteiger partial charge < -0.3 is 4.90 Å². The zero-order valence-electron chi connectivity index (χ0n) is 38.1. The maximum Gasteiger partial charge on any atom is 0.0540 e. The summed E-state index contributed by atoms with van der Waals surface area (Å²) in [6.45, 7) is 0. The predicted octanol–water partition coefficient (Wildman–Crippen LogP) is 18.0. The van der Waals surface area contributed by atoms with Gasteiger partial charge in [-0.05, 0) is 157 Å². The molecule has 68 heavy (non-hydrogen) atoms. The Bertz CT molecular complexity index is 3520. The van der Waals surface area contributed by atoms with Crippen molar-refractivity contribution in [2.75, 3.05) is 4.90 Å². The van der Waals surface area contributed by atoms with Crippen molar-refractivity contribution >= 4 is 27.8 Å². The van der Waals surface area contributed by atoms with Gasteiger partial charge in [0, 0.05) is 22.2 Å². The van der Waals surface area contributed by atoms with Crippen LogP contribution in [0.2, 0.25) is 0 Å². The van der Waals surface area contributed by atoms with Gasteiger partial charge in [0.25, 0.3) is 0 Å². The number of rotatable bonds is 8. The molecule has 0 saturated heterocycles. The Morgan fingerprint density at radius 1 is 0.338 bits per heavy atom. The van der Waals surface area contributed by atoms with Gasteiger partial charge in [0.15, 0.2) is 0 Å². The van der Waals surface area contributed by atoms with Gasteiger partial charge in [0.05, 0.1) is 11.4 Å². The SMILES string of the molecule is c1ccc(-c2ccc(-c3ccccc3N(c3ccc(-c4ccc5c(c4)C4(c6ccccc6-5)C5CC6CC(C5)C4C6)cc3)c3ccccc3-c3cccc4cccc(-c5ccccc5)c34)cc2)cc1. The monoisotopic (exact) mass is 869 g/mol. The van der Waals surface area contributed by atoms with Gasteiger partial charge in [0.2, 0.25) is 0 Å². The van der Waals surface area contributed by atoms with Gasteiger partial charge in [-0.1, -0.05) is 206 Å². The number of hydrogen-bond donors (Lipinski definition) is 0. The van der Waals surface area contributed by atoms with Crippen molar-refractivity contribution in [3.8, 4) is 66.8 Å². The topological polar surface area (TPSA) is 3.24 Å². The summed E-state index contributed by atoms with van der Waals surface area (Å²) in [5, 5.41) is 2.49. The van der Waals surface area contributed by atoms with E-state index in [1.54, 1.807) is 11.1 Å². The van der Waals surface area contributed by atoms with Crippen LogP contribution >= 0.6 is 0 Å². The Kier molecular flexibility index (Phi) is 9.09. The van der Waals surface area contributed by atoms with Crippen molar-refractivity contribution in [2.24, 2.45) is 23.7 Å². The highest BCUT2D eigenvalue weighted by atomic mass is 15.1. The van der Waals surface area contributed by atoms with Crippen LogP contribution in [-0.4, -0.2) is 0 Å². The lowest BCUT2D eigenvalue weighted by Crippen LogP contribution is -2.40. The number of hydrogen-bond acceptors (Lipinski definition) is 1. The predicted molar refractivity (Wildman–Crippen MR) is 284 cm³/mol. The number of para-hydroxylation sites is 2. The number of benzene rings is 10. The van der Waals surface area contributed by atoms with Crippen LogP contribution in [0.1, 0.15) is 36.8 Å². The molecule has 1 spiro atoms. The standard InChI is InChI=1S/C67H51N/c1-3-15-45(16-4-1)46-29-31-49(32-30-46)55-21-8-11-27-64(55)68(65-28-12-9-23-59(65)60-25-14-20-50-19-13-24-56(66(50)60)48-17-5-2-6-18-48)54-36-33-47(34-37-54)51-35-38-58-57-22-7-10-26-61(57)67(63(58)43-51)53-40-44-39-52(42-53)62(67)41-44/h1-38,43-44,52-53,62H,39-42H2. The fraction of sp³-hybridized carbons (Fsp3) is 0.134. The largest absolute Gasteiger partial charge is 0.309 e. The first-order valence-corrected chi connectivity index (χ1v) is 24.8. The maximum atomic E-state index is 2.62. The van der Waals surface area contributed by atoms with Crippen LogP contribution in [0.3, 0.4) is 0 Å². The van der Waals surface area contributed by atoms with E-state index < -0.39 is 0 Å². The normalized spacial score (nSPS) is 20.5. The first-order valence-electron chi connectivity index (χ1n) is 24.8. The second-order valence-electron chi connectivity index (χ2n) is 20.0. The number of fused-ring (bicyclic) bond motifs is 4. The van der Waals surface area contributed by atoms with E-state index >= 15 is 0 Å². The third-order valence-electron chi connectivity index (χ3n) is 16.7. The molecule has 15 rings (SSSR count). The zero-order valence-corrected chi connectivity index (χ0v) is 38.1. The van der Waals surface area contributed by atoms with E-state index in [9.17, 15) is 0 Å². The van der Waals surface area contributed by atoms with Crippen LogP contribution in [0.4, 0.5) is 17.1 Å². The Morgan fingerprint density at radius 2 is 0.868 bits per heavy atom. The second kappa shape index (κ2) is 15.7. The van der Waals surface area contributed by atoms with E-state index in [1.807, 2.05) is 0 Å². The summed E-state index contributed by atoms with van der Waals surface area (Å²) in [5.74, 6) is 3.32. The van der Waals surface area contributed by atoms with Crippen LogP contribution < -0.4 is 4.90 Å². The van der Waals surface area contributed by atoms with Gasteiger partial charge in [-0.2, -0.15) is 0 Å². The van der Waals surface area contributed by atoms with E-state index in [2.05, 4.69) is 241 Å². The molecule has 0 aromatic heterocycles. The molecule has 1 nitrogen and oxygen atoms in total. The fourth-order valence-electron chi connectivity index (χ4n) is 14.1. The van der Waals surface area contributed by atoms with Crippen LogP contribution in [0.25, 0.3) is 77.5 Å². The van der Waals surface area contributed by atoms with Gasteiger partial charge >= 0.3 is 0 Å². The van der Waals surface area contributed by atoms with Crippen LogP contribution in [-0.2, 0) is 5.41 Å². The Morgan fingerprint density at radius 3 is 1.62 bits per heavy atom. The molecule has 4 saturated carbocycles. The first kappa shape index (κ1) is 39.4. The average molecular weight is 870 g/mol. The molecule has 5 aliphatic carbocycles. The second-order valence-corrected chi connectivity index (χ2v) is 20.0. The lowest BCUT2D eigenvalue weighted by atomic mass is 9.59. The van der Waals surface area contributed by atoms with Crippen molar-refractivity contribution in [3.63, 3.8) is 0 Å². The van der Waals surface area contributed by atoms with E-state index in [1.165, 1.54) is 103 Å². The molecule has 5 atom stereocenters. The highest BCUT2D eigenvalue weighted by molar-refractivity contribution is 6.09. The van der Waals surface area contributed by atoms with Crippen molar-refractivity contribution in [1.82, 2.24) is 0 Å². The summed E-state index contributed by atoms with van der Waals surface area (Å²) < 4.78 is 0. The van der Waals surface area contributed by atoms with Gasteiger partial charge in [-0.15, -0.1) is 0 Å². The molecule has 10 aromatic carbocycles. The summed E-state index contributed by atoms with van der Waals surface area (Å²) in [4.78, 5) is 2.50. The maximum absolute atomic E-state index is 2.62. The summed E-state index contributed by atoms with van der Waals surface area (Å²) in [7, 11) is 0. The molecule has 4 fully saturated rings. The molecule has 0 amide bonds. The Balaban J connectivity index is 0.925. The van der Waals surface area contributed by atoms with Crippen LogP contribution in [0.5, 0.6) is 0 Å². The van der Waals surface area contributed by atoms with E-state index in [-0.39, 0.29) is 5.41 Å². The van der Waals surface area contributed by atoms with Crippen molar-refractivity contribution in [1.29, 1.82) is 0 Å². The molecule has 1 heteroatoms. The van der Waals surface area contributed by atoms with Crippen molar-refractivity contribution in [3.05, 3.63) is 248 Å². The van der Waals surface area contributed by atoms with Crippen LogP contribution in [0, 0.1) is 23.7 Å². The minimum atomic E-state index is 0.158. The number of nitrogens with zero attached hydrogens (tertiary/aromatic N) is 1. The highest BCUT2D eigenvalue weighted by Crippen LogP contribution is 2.73. The average Bonchev–Trinajstić information content (AvgIpc) is 3.96. The molecule has 0 radical (unpaired) electrons.